The van der Waals surface area contributed by atoms with E-state index in [1.54, 1.807) is 0 Å². The summed E-state index contributed by atoms with van der Waals surface area (Å²) >= 11 is 0. The number of aryl methyl sites for hydroxylation is 1. The normalized spacial score (nSPS) is 10.5. The van der Waals surface area contributed by atoms with E-state index in [0.29, 0.717) is 12.6 Å². The van der Waals surface area contributed by atoms with Crippen LogP contribution in [-0.4, -0.2) is 19.2 Å². The molecule has 1 N–H and O–H groups in total. The molecule has 0 amide bonds. The van der Waals surface area contributed by atoms with Crippen LogP contribution in [0.5, 0.6) is 5.75 Å². The van der Waals surface area contributed by atoms with Crippen molar-refractivity contribution in [3.63, 3.8) is 0 Å². The van der Waals surface area contributed by atoms with Gasteiger partial charge in [-0.05, 0) is 24.6 Å². The van der Waals surface area contributed by atoms with Crippen molar-refractivity contribution in [2.75, 3.05) is 13.2 Å². The molecule has 0 fully saturated rings. The van der Waals surface area contributed by atoms with Gasteiger partial charge >= 0.3 is 0 Å². The van der Waals surface area contributed by atoms with Crippen molar-refractivity contribution in [3.05, 3.63) is 42.0 Å². The summed E-state index contributed by atoms with van der Waals surface area (Å²) < 4.78 is 5.62. The zero-order valence-electron chi connectivity index (χ0n) is 10.4. The van der Waals surface area contributed by atoms with Crippen molar-refractivity contribution in [1.82, 2.24) is 5.32 Å². The fourth-order valence-corrected chi connectivity index (χ4v) is 1.22. The molecule has 0 spiro atoms. The van der Waals surface area contributed by atoms with E-state index in [-0.39, 0.29) is 0 Å². The zero-order chi connectivity index (χ0) is 12.0. The van der Waals surface area contributed by atoms with E-state index in [2.05, 4.69) is 32.7 Å². The van der Waals surface area contributed by atoms with Gasteiger partial charge in [0.25, 0.3) is 0 Å². The van der Waals surface area contributed by atoms with Gasteiger partial charge in [-0.2, -0.15) is 0 Å². The highest BCUT2D eigenvalue weighted by Crippen LogP contribution is 2.11. The lowest BCUT2D eigenvalue weighted by atomic mass is 10.2. The predicted octanol–water partition coefficient (Wildman–Crippen LogP) is 2.93. The number of hydrogen-bond acceptors (Lipinski definition) is 2. The second-order valence-electron chi connectivity index (χ2n) is 4.39. The Hall–Kier alpha value is -1.28. The summed E-state index contributed by atoms with van der Waals surface area (Å²) in [5.74, 6) is 0.899. The minimum atomic E-state index is 0.483. The second kappa shape index (κ2) is 6.33. The molecule has 0 aromatic heterocycles. The molecule has 0 bridgehead atoms. The van der Waals surface area contributed by atoms with E-state index in [4.69, 9.17) is 4.74 Å². The molecule has 2 heteroatoms. The van der Waals surface area contributed by atoms with Crippen LogP contribution < -0.4 is 10.1 Å². The van der Waals surface area contributed by atoms with Gasteiger partial charge in [-0.3, -0.25) is 0 Å². The van der Waals surface area contributed by atoms with Gasteiger partial charge in [-0.1, -0.05) is 38.1 Å². The maximum absolute atomic E-state index is 5.62. The molecular formula is C14H21NO. The smallest absolute Gasteiger partial charge is 0.119 e. The molecular weight excluding hydrogens is 198 g/mol. The Kier molecular flexibility index (Phi) is 5.06. The van der Waals surface area contributed by atoms with Crippen molar-refractivity contribution >= 4 is 0 Å². The van der Waals surface area contributed by atoms with E-state index >= 15 is 0 Å². The SMILES string of the molecule is C=C(CNC(C)C)COc1ccc(C)cc1. The van der Waals surface area contributed by atoms with Gasteiger partial charge in [0.2, 0.25) is 0 Å². The molecule has 0 aliphatic carbocycles. The Balaban J connectivity index is 2.29. The minimum Gasteiger partial charge on any atom is -0.489 e. The van der Waals surface area contributed by atoms with Gasteiger partial charge in [-0.25, -0.2) is 0 Å². The van der Waals surface area contributed by atoms with Crippen LogP contribution in [0.25, 0.3) is 0 Å². The first-order valence-electron chi connectivity index (χ1n) is 5.67. The Labute approximate surface area is 98.3 Å². The fraction of sp³-hybridized carbons (Fsp3) is 0.429. The Morgan fingerprint density at radius 3 is 2.50 bits per heavy atom. The van der Waals surface area contributed by atoms with E-state index in [1.807, 2.05) is 24.3 Å². The number of hydrogen-bond donors (Lipinski definition) is 1. The lowest BCUT2D eigenvalue weighted by Gasteiger charge is -2.11. The molecule has 0 atom stereocenters. The highest BCUT2D eigenvalue weighted by atomic mass is 16.5. The number of rotatable bonds is 6. The summed E-state index contributed by atoms with van der Waals surface area (Å²) in [6.45, 7) is 11.7. The average molecular weight is 219 g/mol. The van der Waals surface area contributed by atoms with Crippen molar-refractivity contribution in [1.29, 1.82) is 0 Å². The van der Waals surface area contributed by atoms with Crippen LogP contribution in [0.15, 0.2) is 36.4 Å². The van der Waals surface area contributed by atoms with Crippen LogP contribution >= 0.6 is 0 Å². The molecule has 0 radical (unpaired) electrons. The molecule has 1 rings (SSSR count). The van der Waals surface area contributed by atoms with E-state index in [0.717, 1.165) is 17.9 Å². The van der Waals surface area contributed by atoms with Gasteiger partial charge in [0.15, 0.2) is 0 Å². The molecule has 0 unspecified atom stereocenters. The summed E-state index contributed by atoms with van der Waals surface area (Å²) in [5.41, 5.74) is 2.31. The second-order valence-corrected chi connectivity index (χ2v) is 4.39. The Morgan fingerprint density at radius 2 is 1.94 bits per heavy atom. The molecule has 0 aliphatic rings. The van der Waals surface area contributed by atoms with E-state index < -0.39 is 0 Å². The molecule has 16 heavy (non-hydrogen) atoms. The minimum absolute atomic E-state index is 0.483. The molecule has 1 aromatic carbocycles. The molecule has 1 aromatic rings. The number of nitrogens with one attached hydrogen (secondary N) is 1. The molecule has 0 heterocycles. The highest BCUT2D eigenvalue weighted by molar-refractivity contribution is 5.26. The fourth-order valence-electron chi connectivity index (χ4n) is 1.22. The number of ether oxygens (including phenoxy) is 1. The van der Waals surface area contributed by atoms with Gasteiger partial charge in [0, 0.05) is 12.6 Å². The Bertz CT molecular complexity index is 327. The molecule has 2 nitrogen and oxygen atoms in total. The van der Waals surface area contributed by atoms with Gasteiger partial charge in [0.1, 0.15) is 12.4 Å². The van der Waals surface area contributed by atoms with Crippen LogP contribution in [0.1, 0.15) is 19.4 Å². The maximum atomic E-state index is 5.62. The molecule has 0 saturated heterocycles. The third-order valence-electron chi connectivity index (χ3n) is 2.22. The third kappa shape index (κ3) is 4.99. The summed E-state index contributed by atoms with van der Waals surface area (Å²) in [4.78, 5) is 0. The molecule has 88 valence electrons. The standard InChI is InChI=1S/C14H21NO/c1-11(2)15-9-13(4)10-16-14-7-5-12(3)6-8-14/h5-8,11,15H,4,9-10H2,1-3H3. The predicted molar refractivity (Wildman–Crippen MR) is 69.0 cm³/mol. The highest BCUT2D eigenvalue weighted by Gasteiger charge is 1.98. The summed E-state index contributed by atoms with van der Waals surface area (Å²) in [6.07, 6.45) is 0. The van der Waals surface area contributed by atoms with Crippen LogP contribution in [0, 0.1) is 6.92 Å². The first-order chi connectivity index (χ1) is 7.58. The zero-order valence-corrected chi connectivity index (χ0v) is 10.4. The topological polar surface area (TPSA) is 21.3 Å². The van der Waals surface area contributed by atoms with E-state index in [9.17, 15) is 0 Å². The van der Waals surface area contributed by atoms with Crippen molar-refractivity contribution in [2.24, 2.45) is 0 Å². The van der Waals surface area contributed by atoms with Crippen LogP contribution in [0.3, 0.4) is 0 Å². The van der Waals surface area contributed by atoms with Gasteiger partial charge in [-0.15, -0.1) is 0 Å². The van der Waals surface area contributed by atoms with Crippen molar-refractivity contribution in [3.8, 4) is 5.75 Å². The van der Waals surface area contributed by atoms with Gasteiger partial charge in [0.05, 0.1) is 0 Å². The average Bonchev–Trinajstić information content (AvgIpc) is 2.25. The monoisotopic (exact) mass is 219 g/mol. The number of benzene rings is 1. The largest absolute Gasteiger partial charge is 0.489 e. The third-order valence-corrected chi connectivity index (χ3v) is 2.22. The summed E-state index contributed by atoms with van der Waals surface area (Å²) in [6, 6.07) is 8.54. The Morgan fingerprint density at radius 1 is 1.31 bits per heavy atom. The molecule has 0 aliphatic heterocycles. The molecule has 0 saturated carbocycles. The first-order valence-corrected chi connectivity index (χ1v) is 5.67. The van der Waals surface area contributed by atoms with E-state index in [1.165, 1.54) is 5.56 Å². The van der Waals surface area contributed by atoms with Crippen LogP contribution in [-0.2, 0) is 0 Å². The van der Waals surface area contributed by atoms with Crippen molar-refractivity contribution in [2.45, 2.75) is 26.8 Å². The van der Waals surface area contributed by atoms with Crippen LogP contribution in [0.4, 0.5) is 0 Å². The summed E-state index contributed by atoms with van der Waals surface area (Å²) in [7, 11) is 0. The lowest BCUT2D eigenvalue weighted by Crippen LogP contribution is -2.26. The van der Waals surface area contributed by atoms with Crippen molar-refractivity contribution < 1.29 is 4.74 Å². The van der Waals surface area contributed by atoms with Crippen LogP contribution in [0.2, 0.25) is 0 Å². The maximum Gasteiger partial charge on any atom is 0.119 e. The quantitative estimate of drug-likeness (QED) is 0.743. The van der Waals surface area contributed by atoms with Gasteiger partial charge < -0.3 is 10.1 Å². The summed E-state index contributed by atoms with van der Waals surface area (Å²) in [5, 5.41) is 3.31. The first kappa shape index (κ1) is 12.8. The lowest BCUT2D eigenvalue weighted by molar-refractivity contribution is 0.347.